The van der Waals surface area contributed by atoms with Crippen molar-refractivity contribution in [2.75, 3.05) is 0 Å². The summed E-state index contributed by atoms with van der Waals surface area (Å²) in [6, 6.07) is 4.28. The molecule has 0 aliphatic carbocycles. The molecule has 0 saturated heterocycles. The van der Waals surface area contributed by atoms with Crippen LogP contribution in [0, 0.1) is 5.95 Å². The van der Waals surface area contributed by atoms with Gasteiger partial charge in [-0.3, -0.25) is 4.79 Å². The van der Waals surface area contributed by atoms with Crippen molar-refractivity contribution in [2.24, 2.45) is 0 Å². The lowest BCUT2D eigenvalue weighted by atomic mass is 10.0. The average Bonchev–Trinajstić information content (AvgIpc) is 2.37. The van der Waals surface area contributed by atoms with Crippen LogP contribution < -0.4 is 0 Å². The molecule has 0 aliphatic rings. The fraction of sp³-hybridized carbons (Fsp3) is 0.0769. The first kappa shape index (κ1) is 15.0. The second-order valence-corrected chi connectivity index (χ2v) is 5.20. The van der Waals surface area contributed by atoms with Gasteiger partial charge >= 0.3 is 5.97 Å². The molecular weight excluding hydrogens is 328 g/mol. The minimum absolute atomic E-state index is 0.115. The maximum Gasteiger partial charge on any atom is 0.307 e. The molecule has 0 spiro atoms. The zero-order valence-electron chi connectivity index (χ0n) is 9.83. The van der Waals surface area contributed by atoms with Gasteiger partial charge in [0.1, 0.15) is 0 Å². The summed E-state index contributed by atoms with van der Waals surface area (Å²) in [6.07, 6.45) is 0.918. The smallest absolute Gasteiger partial charge is 0.307 e. The Kier molecular flexibility index (Phi) is 4.48. The Bertz CT molecular complexity index is 668. The van der Waals surface area contributed by atoms with Crippen LogP contribution in [0.25, 0.3) is 11.1 Å². The molecular formula is C13H7Cl3FNO2. The van der Waals surface area contributed by atoms with Crippen LogP contribution in [-0.2, 0) is 11.2 Å². The van der Waals surface area contributed by atoms with Gasteiger partial charge in [0.05, 0.1) is 21.5 Å². The van der Waals surface area contributed by atoms with E-state index in [0.717, 1.165) is 0 Å². The Balaban J connectivity index is 2.54. The van der Waals surface area contributed by atoms with Crippen molar-refractivity contribution in [3.63, 3.8) is 0 Å². The fourth-order valence-corrected chi connectivity index (χ4v) is 2.27. The van der Waals surface area contributed by atoms with E-state index < -0.39 is 11.9 Å². The van der Waals surface area contributed by atoms with Gasteiger partial charge in [0.15, 0.2) is 0 Å². The molecule has 1 aromatic carbocycles. The lowest BCUT2D eigenvalue weighted by Crippen LogP contribution is -2.02. The predicted molar refractivity (Wildman–Crippen MR) is 76.0 cm³/mol. The first-order chi connectivity index (χ1) is 9.38. The molecule has 2 aromatic rings. The molecule has 0 radical (unpaired) electrons. The van der Waals surface area contributed by atoms with Crippen LogP contribution in [0.1, 0.15) is 5.56 Å². The maximum atomic E-state index is 13.8. The Morgan fingerprint density at radius 3 is 2.35 bits per heavy atom. The minimum atomic E-state index is -1.03. The fourth-order valence-electron chi connectivity index (χ4n) is 1.68. The zero-order valence-corrected chi connectivity index (χ0v) is 12.1. The highest BCUT2D eigenvalue weighted by molar-refractivity contribution is 6.48. The Labute approximate surface area is 128 Å². The molecule has 0 bridgehead atoms. The summed E-state index contributed by atoms with van der Waals surface area (Å²) in [5, 5.41) is 9.27. The van der Waals surface area contributed by atoms with Crippen LogP contribution in [0.15, 0.2) is 24.4 Å². The summed E-state index contributed by atoms with van der Waals surface area (Å²) in [7, 11) is 0. The van der Waals surface area contributed by atoms with Crippen molar-refractivity contribution in [1.29, 1.82) is 0 Å². The maximum absolute atomic E-state index is 13.8. The van der Waals surface area contributed by atoms with Crippen LogP contribution in [-0.4, -0.2) is 16.1 Å². The van der Waals surface area contributed by atoms with E-state index >= 15 is 0 Å². The van der Waals surface area contributed by atoms with Crippen LogP contribution in [0.5, 0.6) is 0 Å². The van der Waals surface area contributed by atoms with Crippen LogP contribution in [0.2, 0.25) is 15.1 Å². The predicted octanol–water partition coefficient (Wildman–Crippen LogP) is 4.48. The molecule has 0 aliphatic heterocycles. The normalized spacial score (nSPS) is 10.6. The van der Waals surface area contributed by atoms with Crippen LogP contribution in [0.3, 0.4) is 0 Å². The lowest BCUT2D eigenvalue weighted by Gasteiger charge is -2.08. The summed E-state index contributed by atoms with van der Waals surface area (Å²) in [5.74, 6) is -1.77. The third kappa shape index (κ3) is 3.20. The quantitative estimate of drug-likeness (QED) is 0.665. The number of carbonyl (C=O) groups is 1. The van der Waals surface area contributed by atoms with Crippen molar-refractivity contribution in [2.45, 2.75) is 6.42 Å². The summed E-state index contributed by atoms with van der Waals surface area (Å²) >= 11 is 17.6. The van der Waals surface area contributed by atoms with E-state index in [1.807, 2.05) is 0 Å². The molecule has 104 valence electrons. The molecule has 0 atom stereocenters. The number of hydrogen-bond acceptors (Lipinski definition) is 2. The second kappa shape index (κ2) is 5.95. The molecule has 3 nitrogen and oxygen atoms in total. The summed E-state index contributed by atoms with van der Waals surface area (Å²) in [5.41, 5.74) is 0.863. The molecule has 0 saturated carbocycles. The summed E-state index contributed by atoms with van der Waals surface area (Å²) in [6.45, 7) is 0. The van der Waals surface area contributed by atoms with Gasteiger partial charge < -0.3 is 5.11 Å². The number of carboxylic acids is 1. The van der Waals surface area contributed by atoms with Crippen molar-refractivity contribution >= 4 is 40.8 Å². The van der Waals surface area contributed by atoms with Gasteiger partial charge in [-0.2, -0.15) is 4.39 Å². The topological polar surface area (TPSA) is 50.2 Å². The van der Waals surface area contributed by atoms with Gasteiger partial charge in [-0.25, -0.2) is 4.98 Å². The minimum Gasteiger partial charge on any atom is -0.481 e. The van der Waals surface area contributed by atoms with Gasteiger partial charge in [-0.15, -0.1) is 0 Å². The largest absolute Gasteiger partial charge is 0.481 e. The van der Waals surface area contributed by atoms with Gasteiger partial charge in [-0.1, -0.05) is 34.8 Å². The lowest BCUT2D eigenvalue weighted by molar-refractivity contribution is -0.136. The Hall–Kier alpha value is -1.36. The zero-order chi connectivity index (χ0) is 14.9. The molecule has 1 N–H and O–H groups in total. The Morgan fingerprint density at radius 1 is 1.20 bits per heavy atom. The number of benzene rings is 1. The van der Waals surface area contributed by atoms with E-state index in [1.54, 1.807) is 0 Å². The van der Waals surface area contributed by atoms with Crippen molar-refractivity contribution < 1.29 is 14.3 Å². The molecule has 0 amide bonds. The van der Waals surface area contributed by atoms with E-state index in [0.29, 0.717) is 11.1 Å². The van der Waals surface area contributed by atoms with Crippen LogP contribution >= 0.6 is 34.8 Å². The number of nitrogens with zero attached hydrogens (tertiary/aromatic N) is 1. The number of pyridine rings is 1. The van der Waals surface area contributed by atoms with Crippen molar-refractivity contribution in [3.8, 4) is 11.1 Å². The summed E-state index contributed by atoms with van der Waals surface area (Å²) < 4.78 is 13.8. The van der Waals surface area contributed by atoms with Gasteiger partial charge in [0.25, 0.3) is 0 Å². The first-order valence-corrected chi connectivity index (χ1v) is 6.53. The molecule has 2 rings (SSSR count). The van der Waals surface area contributed by atoms with E-state index in [2.05, 4.69) is 4.98 Å². The first-order valence-electron chi connectivity index (χ1n) is 5.39. The van der Waals surface area contributed by atoms with Gasteiger partial charge in [0.2, 0.25) is 5.95 Å². The second-order valence-electron chi connectivity index (χ2n) is 4.01. The van der Waals surface area contributed by atoms with Gasteiger partial charge in [0, 0.05) is 11.8 Å². The molecule has 7 heteroatoms. The van der Waals surface area contributed by atoms with Crippen molar-refractivity contribution in [3.05, 3.63) is 51.0 Å². The summed E-state index contributed by atoms with van der Waals surface area (Å²) in [4.78, 5) is 14.2. The monoisotopic (exact) mass is 333 g/mol. The standard InChI is InChI=1S/C13H7Cl3FNO2/c14-9-3-7(4-10(15)12(9)16)8-1-6(2-11(19)20)5-18-13(8)17/h1,3-5H,2H2,(H,19,20). The third-order valence-electron chi connectivity index (χ3n) is 2.55. The van der Waals surface area contributed by atoms with E-state index in [9.17, 15) is 9.18 Å². The number of hydrogen-bond donors (Lipinski definition) is 1. The highest BCUT2D eigenvalue weighted by atomic mass is 35.5. The third-order valence-corrected chi connectivity index (χ3v) is 3.74. The van der Waals surface area contributed by atoms with E-state index in [1.165, 1.54) is 24.4 Å². The number of aliphatic carboxylic acids is 1. The Morgan fingerprint density at radius 2 is 1.80 bits per heavy atom. The average molecular weight is 335 g/mol. The van der Waals surface area contributed by atoms with E-state index in [4.69, 9.17) is 39.9 Å². The molecule has 0 unspecified atom stereocenters. The van der Waals surface area contributed by atoms with Crippen molar-refractivity contribution in [1.82, 2.24) is 4.98 Å². The number of carboxylic acid groups (broad SMARTS) is 1. The molecule has 1 heterocycles. The SMILES string of the molecule is O=C(O)Cc1cnc(F)c(-c2cc(Cl)c(Cl)c(Cl)c2)c1. The number of aromatic nitrogens is 1. The number of halogens is 4. The highest BCUT2D eigenvalue weighted by Gasteiger charge is 2.13. The molecule has 1 aromatic heterocycles. The highest BCUT2D eigenvalue weighted by Crippen LogP contribution is 2.35. The van der Waals surface area contributed by atoms with E-state index in [-0.39, 0.29) is 27.1 Å². The van der Waals surface area contributed by atoms with Gasteiger partial charge in [-0.05, 0) is 29.3 Å². The molecule has 0 fully saturated rings. The number of rotatable bonds is 3. The molecule has 20 heavy (non-hydrogen) atoms. The van der Waals surface area contributed by atoms with Crippen LogP contribution in [0.4, 0.5) is 4.39 Å².